The lowest BCUT2D eigenvalue weighted by Gasteiger charge is -2.37. The zero-order valence-electron chi connectivity index (χ0n) is 15.5. The Balaban J connectivity index is 1.48. The van der Waals surface area contributed by atoms with E-state index in [1.165, 1.54) is 16.8 Å². The molecule has 0 bridgehead atoms. The highest BCUT2D eigenvalue weighted by Crippen LogP contribution is 2.23. The minimum atomic E-state index is 0.0117. The Bertz CT molecular complexity index is 770. The molecule has 1 aliphatic heterocycles. The molecule has 0 aromatic heterocycles. The molecule has 1 fully saturated rings. The predicted molar refractivity (Wildman–Crippen MR) is 108 cm³/mol. The number of carbonyl (C=O) groups is 1. The summed E-state index contributed by atoms with van der Waals surface area (Å²) in [5.74, 6) is 0. The van der Waals surface area contributed by atoms with E-state index in [1.54, 1.807) is 0 Å². The maximum atomic E-state index is 12.4. The number of nitrogens with one attached hydrogen (secondary N) is 1. The van der Waals surface area contributed by atoms with Gasteiger partial charge in [0.1, 0.15) is 0 Å². The number of hydrogen-bond donors (Lipinski definition) is 1. The van der Waals surface area contributed by atoms with Crippen LogP contribution in [0.15, 0.2) is 42.5 Å². The van der Waals surface area contributed by atoms with Crippen LogP contribution < -0.4 is 10.2 Å². The van der Waals surface area contributed by atoms with E-state index in [0.717, 1.165) is 43.2 Å². The number of anilines is 1. The van der Waals surface area contributed by atoms with Crippen LogP contribution in [-0.2, 0) is 6.42 Å². The standard InChI is InChI=1S/C21H26ClN3O/c1-16-6-5-9-20(17(16)2)24-12-14-25(15-13-24)21(26)23-11-10-18-7-3-4-8-19(18)22/h3-9H,10-15H2,1-2H3,(H,23,26). The van der Waals surface area contributed by atoms with E-state index < -0.39 is 0 Å². The summed E-state index contributed by atoms with van der Waals surface area (Å²) in [5, 5.41) is 3.77. The van der Waals surface area contributed by atoms with E-state index in [9.17, 15) is 4.79 Å². The largest absolute Gasteiger partial charge is 0.368 e. The Labute approximate surface area is 160 Å². The molecule has 4 nitrogen and oxygen atoms in total. The summed E-state index contributed by atoms with van der Waals surface area (Å²) in [4.78, 5) is 16.7. The first-order valence-corrected chi connectivity index (χ1v) is 9.51. The first kappa shape index (κ1) is 18.6. The van der Waals surface area contributed by atoms with E-state index in [2.05, 4.69) is 42.3 Å². The lowest BCUT2D eigenvalue weighted by atomic mass is 10.1. The van der Waals surface area contributed by atoms with Crippen molar-refractivity contribution >= 4 is 23.3 Å². The zero-order chi connectivity index (χ0) is 18.5. The van der Waals surface area contributed by atoms with Crippen molar-refractivity contribution in [2.75, 3.05) is 37.6 Å². The summed E-state index contributed by atoms with van der Waals surface area (Å²) in [6.45, 7) is 8.11. The van der Waals surface area contributed by atoms with E-state index in [1.807, 2.05) is 29.2 Å². The highest BCUT2D eigenvalue weighted by Gasteiger charge is 2.22. The Morgan fingerprint density at radius 1 is 1.04 bits per heavy atom. The van der Waals surface area contributed by atoms with Gasteiger partial charge in [0.05, 0.1) is 0 Å². The second-order valence-electron chi connectivity index (χ2n) is 6.77. The average Bonchev–Trinajstić information content (AvgIpc) is 2.65. The van der Waals surface area contributed by atoms with Gasteiger partial charge in [-0.05, 0) is 49.1 Å². The van der Waals surface area contributed by atoms with Crippen molar-refractivity contribution in [1.29, 1.82) is 0 Å². The molecule has 0 radical (unpaired) electrons. The third kappa shape index (κ3) is 4.31. The molecular formula is C21H26ClN3O. The zero-order valence-corrected chi connectivity index (χ0v) is 16.2. The molecule has 2 amide bonds. The summed E-state index contributed by atoms with van der Waals surface area (Å²) in [7, 11) is 0. The molecule has 1 saturated heterocycles. The molecule has 2 aromatic rings. The monoisotopic (exact) mass is 371 g/mol. The fourth-order valence-corrected chi connectivity index (χ4v) is 3.58. The highest BCUT2D eigenvalue weighted by molar-refractivity contribution is 6.31. The maximum absolute atomic E-state index is 12.4. The fourth-order valence-electron chi connectivity index (χ4n) is 3.35. The summed E-state index contributed by atoms with van der Waals surface area (Å²) in [6.07, 6.45) is 0.744. The van der Waals surface area contributed by atoms with Gasteiger partial charge in [0, 0.05) is 43.4 Å². The summed E-state index contributed by atoms with van der Waals surface area (Å²) >= 11 is 6.16. The summed E-state index contributed by atoms with van der Waals surface area (Å²) < 4.78 is 0. The van der Waals surface area contributed by atoms with Gasteiger partial charge in [-0.15, -0.1) is 0 Å². The van der Waals surface area contributed by atoms with Crippen LogP contribution in [0.1, 0.15) is 16.7 Å². The number of rotatable bonds is 4. The van der Waals surface area contributed by atoms with Crippen LogP contribution in [0.4, 0.5) is 10.5 Å². The van der Waals surface area contributed by atoms with Crippen molar-refractivity contribution in [3.63, 3.8) is 0 Å². The lowest BCUT2D eigenvalue weighted by molar-refractivity contribution is 0.194. The number of aryl methyl sites for hydroxylation is 1. The third-order valence-corrected chi connectivity index (χ3v) is 5.48. The third-order valence-electron chi connectivity index (χ3n) is 5.11. The number of benzene rings is 2. The first-order chi connectivity index (χ1) is 12.6. The van der Waals surface area contributed by atoms with Gasteiger partial charge < -0.3 is 15.1 Å². The minimum Gasteiger partial charge on any atom is -0.368 e. The van der Waals surface area contributed by atoms with E-state index in [0.29, 0.717) is 6.54 Å². The lowest BCUT2D eigenvalue weighted by Crippen LogP contribution is -2.52. The quantitative estimate of drug-likeness (QED) is 0.880. The Morgan fingerprint density at radius 3 is 2.50 bits per heavy atom. The van der Waals surface area contributed by atoms with Crippen molar-refractivity contribution in [3.05, 3.63) is 64.2 Å². The molecule has 26 heavy (non-hydrogen) atoms. The topological polar surface area (TPSA) is 35.6 Å². The first-order valence-electron chi connectivity index (χ1n) is 9.13. The minimum absolute atomic E-state index is 0.0117. The normalized spacial score (nSPS) is 14.4. The van der Waals surface area contributed by atoms with Gasteiger partial charge in [0.15, 0.2) is 0 Å². The number of halogens is 1. The molecule has 3 rings (SSSR count). The number of amides is 2. The van der Waals surface area contributed by atoms with Gasteiger partial charge >= 0.3 is 6.03 Å². The van der Waals surface area contributed by atoms with Gasteiger partial charge in [-0.3, -0.25) is 0 Å². The van der Waals surface area contributed by atoms with E-state index in [4.69, 9.17) is 11.6 Å². The van der Waals surface area contributed by atoms with Gasteiger partial charge in [-0.25, -0.2) is 4.79 Å². The second kappa shape index (κ2) is 8.45. The Kier molecular flexibility index (Phi) is 6.04. The van der Waals surface area contributed by atoms with Gasteiger partial charge in [-0.1, -0.05) is 41.9 Å². The SMILES string of the molecule is Cc1cccc(N2CCN(C(=O)NCCc3ccccc3Cl)CC2)c1C. The van der Waals surface area contributed by atoms with E-state index >= 15 is 0 Å². The Morgan fingerprint density at radius 2 is 1.77 bits per heavy atom. The van der Waals surface area contributed by atoms with Crippen LogP contribution in [0.5, 0.6) is 0 Å². The molecular weight excluding hydrogens is 346 g/mol. The molecule has 1 aliphatic rings. The van der Waals surface area contributed by atoms with Crippen molar-refractivity contribution < 1.29 is 4.79 Å². The average molecular weight is 372 g/mol. The highest BCUT2D eigenvalue weighted by atomic mass is 35.5. The number of nitrogens with zero attached hydrogens (tertiary/aromatic N) is 2. The van der Waals surface area contributed by atoms with Gasteiger partial charge in [-0.2, -0.15) is 0 Å². The molecule has 0 atom stereocenters. The van der Waals surface area contributed by atoms with Gasteiger partial charge in [0.25, 0.3) is 0 Å². The van der Waals surface area contributed by atoms with E-state index in [-0.39, 0.29) is 6.03 Å². The number of hydrogen-bond acceptors (Lipinski definition) is 2. The molecule has 0 saturated carbocycles. The summed E-state index contributed by atoms with van der Waals surface area (Å²) in [6, 6.07) is 14.2. The number of carbonyl (C=O) groups excluding carboxylic acids is 1. The molecule has 0 unspecified atom stereocenters. The van der Waals surface area contributed by atoms with Crippen LogP contribution in [-0.4, -0.2) is 43.7 Å². The molecule has 0 aliphatic carbocycles. The molecule has 2 aromatic carbocycles. The number of piperazine rings is 1. The van der Waals surface area contributed by atoms with Crippen LogP contribution in [0.25, 0.3) is 0 Å². The smallest absolute Gasteiger partial charge is 0.317 e. The van der Waals surface area contributed by atoms with Crippen LogP contribution in [0, 0.1) is 13.8 Å². The maximum Gasteiger partial charge on any atom is 0.317 e. The van der Waals surface area contributed by atoms with Crippen molar-refractivity contribution in [1.82, 2.24) is 10.2 Å². The fraction of sp³-hybridized carbons (Fsp3) is 0.381. The molecule has 5 heteroatoms. The molecule has 1 N–H and O–H groups in total. The predicted octanol–water partition coefficient (Wildman–Crippen LogP) is 4.03. The van der Waals surface area contributed by atoms with Crippen LogP contribution >= 0.6 is 11.6 Å². The van der Waals surface area contributed by atoms with Crippen molar-refractivity contribution in [2.45, 2.75) is 20.3 Å². The summed E-state index contributed by atoms with van der Waals surface area (Å²) in [5.41, 5.74) is 4.98. The van der Waals surface area contributed by atoms with Crippen molar-refractivity contribution in [2.24, 2.45) is 0 Å². The molecule has 0 spiro atoms. The number of urea groups is 1. The van der Waals surface area contributed by atoms with Crippen LogP contribution in [0.2, 0.25) is 5.02 Å². The molecule has 1 heterocycles. The second-order valence-corrected chi connectivity index (χ2v) is 7.17. The van der Waals surface area contributed by atoms with Crippen molar-refractivity contribution in [3.8, 4) is 0 Å². The molecule has 138 valence electrons. The van der Waals surface area contributed by atoms with Crippen LogP contribution in [0.3, 0.4) is 0 Å². The van der Waals surface area contributed by atoms with Gasteiger partial charge in [0.2, 0.25) is 0 Å². The Hall–Kier alpha value is -2.20.